The monoisotopic (exact) mass is 441 g/mol. The molecule has 0 aliphatic carbocycles. The van der Waals surface area contributed by atoms with Crippen molar-refractivity contribution in [3.05, 3.63) is 89.5 Å². The van der Waals surface area contributed by atoms with E-state index in [1.54, 1.807) is 30.3 Å². The van der Waals surface area contributed by atoms with E-state index in [9.17, 15) is 22.8 Å². The van der Waals surface area contributed by atoms with Crippen molar-refractivity contribution < 1.29 is 27.5 Å². The number of halogens is 3. The summed E-state index contributed by atoms with van der Waals surface area (Å²) in [5, 5.41) is 2.69. The predicted molar refractivity (Wildman–Crippen MR) is 116 cm³/mol. The fourth-order valence-corrected chi connectivity index (χ4v) is 3.10. The molecule has 0 aliphatic rings. The Morgan fingerprint density at radius 1 is 0.938 bits per heavy atom. The van der Waals surface area contributed by atoms with E-state index in [4.69, 9.17) is 4.74 Å². The molecule has 0 heterocycles. The van der Waals surface area contributed by atoms with Crippen LogP contribution >= 0.6 is 0 Å². The smallest absolute Gasteiger partial charge is 0.416 e. The Balaban J connectivity index is 1.73. The lowest BCUT2D eigenvalue weighted by Gasteiger charge is -2.16. The molecule has 0 aliphatic heterocycles. The van der Waals surface area contributed by atoms with Gasteiger partial charge in [-0.15, -0.1) is 0 Å². The number of hydrogen-bond donors (Lipinski definition) is 1. The lowest BCUT2D eigenvalue weighted by Crippen LogP contribution is -2.30. The van der Waals surface area contributed by atoms with E-state index in [-0.39, 0.29) is 5.56 Å². The molecule has 0 fully saturated rings. The lowest BCUT2D eigenvalue weighted by atomic mass is 9.98. The molecule has 0 spiro atoms. The average Bonchev–Trinajstić information content (AvgIpc) is 2.79. The van der Waals surface area contributed by atoms with E-state index >= 15 is 0 Å². The summed E-state index contributed by atoms with van der Waals surface area (Å²) in [6.45, 7) is 3.48. The standard InChI is InChI=1S/C25H22F3NO3/c1-3-17-8-14-20(15-9-17)29-23(30)16(2)32-24(31)22-7-5-4-6-21(22)18-10-12-19(13-11-18)25(26,27)28/h4-16H,3H2,1-2H3,(H,29,30)/t16-/m1/s1. The summed E-state index contributed by atoms with van der Waals surface area (Å²) in [4.78, 5) is 25.2. The fraction of sp³-hybridized carbons (Fsp3) is 0.200. The topological polar surface area (TPSA) is 55.4 Å². The lowest BCUT2D eigenvalue weighted by molar-refractivity contribution is -0.137. The largest absolute Gasteiger partial charge is 0.449 e. The first-order valence-electron chi connectivity index (χ1n) is 10.1. The SMILES string of the molecule is CCc1ccc(NC(=O)[C@@H](C)OC(=O)c2ccccc2-c2ccc(C(F)(F)F)cc2)cc1. The van der Waals surface area contributed by atoms with Crippen LogP contribution in [0.3, 0.4) is 0 Å². The van der Waals surface area contributed by atoms with Crippen molar-refractivity contribution >= 4 is 17.6 Å². The van der Waals surface area contributed by atoms with Gasteiger partial charge in [0.2, 0.25) is 0 Å². The van der Waals surface area contributed by atoms with Gasteiger partial charge in [0.15, 0.2) is 6.10 Å². The summed E-state index contributed by atoms with van der Waals surface area (Å²) >= 11 is 0. The number of benzene rings is 3. The molecule has 3 aromatic carbocycles. The second kappa shape index (κ2) is 9.68. The van der Waals surface area contributed by atoms with Gasteiger partial charge in [-0.1, -0.05) is 49.4 Å². The number of anilines is 1. The van der Waals surface area contributed by atoms with E-state index < -0.39 is 29.7 Å². The van der Waals surface area contributed by atoms with Crippen LogP contribution in [0.2, 0.25) is 0 Å². The van der Waals surface area contributed by atoms with E-state index in [0.29, 0.717) is 16.8 Å². The van der Waals surface area contributed by atoms with Crippen LogP contribution < -0.4 is 5.32 Å². The Bertz CT molecular complexity index is 1090. The molecule has 0 aromatic heterocycles. The Morgan fingerprint density at radius 3 is 2.16 bits per heavy atom. The number of amides is 1. The van der Waals surface area contributed by atoms with Crippen LogP contribution in [0.15, 0.2) is 72.8 Å². The highest BCUT2D eigenvalue weighted by Crippen LogP contribution is 2.32. The molecule has 0 unspecified atom stereocenters. The van der Waals surface area contributed by atoms with Gasteiger partial charge in [-0.25, -0.2) is 4.79 Å². The maximum atomic E-state index is 12.8. The summed E-state index contributed by atoms with van der Waals surface area (Å²) in [6, 6.07) is 18.2. The van der Waals surface area contributed by atoms with Crippen LogP contribution in [0.1, 0.15) is 35.3 Å². The van der Waals surface area contributed by atoms with Crippen molar-refractivity contribution in [2.75, 3.05) is 5.32 Å². The van der Waals surface area contributed by atoms with E-state index in [1.807, 2.05) is 19.1 Å². The van der Waals surface area contributed by atoms with Gasteiger partial charge in [0.1, 0.15) is 0 Å². The molecule has 3 rings (SSSR count). The van der Waals surface area contributed by atoms with Crippen LogP contribution in [-0.2, 0) is 22.1 Å². The molecule has 1 amide bonds. The van der Waals surface area contributed by atoms with Gasteiger partial charge in [0.25, 0.3) is 5.91 Å². The van der Waals surface area contributed by atoms with E-state index in [2.05, 4.69) is 5.32 Å². The highest BCUT2D eigenvalue weighted by Gasteiger charge is 2.30. The molecule has 4 nitrogen and oxygen atoms in total. The first-order valence-corrected chi connectivity index (χ1v) is 10.1. The third kappa shape index (κ3) is 5.55. The molecule has 3 aromatic rings. The first kappa shape index (κ1) is 23.1. The van der Waals surface area contributed by atoms with Crippen molar-refractivity contribution in [2.24, 2.45) is 0 Å². The van der Waals surface area contributed by atoms with Gasteiger partial charge in [-0.3, -0.25) is 4.79 Å². The number of aryl methyl sites for hydroxylation is 1. The van der Waals surface area contributed by atoms with Gasteiger partial charge in [-0.2, -0.15) is 13.2 Å². The molecule has 1 atom stereocenters. The van der Waals surface area contributed by atoms with Gasteiger partial charge >= 0.3 is 12.1 Å². The molecule has 0 bridgehead atoms. The van der Waals surface area contributed by atoms with E-state index in [0.717, 1.165) is 24.1 Å². The number of carbonyl (C=O) groups is 2. The zero-order valence-corrected chi connectivity index (χ0v) is 17.6. The Hall–Kier alpha value is -3.61. The molecule has 1 N–H and O–H groups in total. The number of rotatable bonds is 6. The third-order valence-electron chi connectivity index (χ3n) is 4.95. The van der Waals surface area contributed by atoms with Gasteiger partial charge in [-0.05, 0) is 60.4 Å². The fourth-order valence-electron chi connectivity index (χ4n) is 3.10. The van der Waals surface area contributed by atoms with E-state index in [1.165, 1.54) is 25.1 Å². The molecule has 0 saturated carbocycles. The number of ether oxygens (including phenoxy) is 1. The highest BCUT2D eigenvalue weighted by molar-refractivity contribution is 6.00. The summed E-state index contributed by atoms with van der Waals surface area (Å²) in [7, 11) is 0. The summed E-state index contributed by atoms with van der Waals surface area (Å²) in [5.41, 5.74) is 1.92. The zero-order valence-electron chi connectivity index (χ0n) is 17.6. The minimum atomic E-state index is -4.45. The quantitative estimate of drug-likeness (QED) is 0.469. The molecule has 166 valence electrons. The Labute approximate surface area is 184 Å². The van der Waals surface area contributed by atoms with Crippen LogP contribution in [0, 0.1) is 0 Å². The minimum absolute atomic E-state index is 0.152. The maximum Gasteiger partial charge on any atom is 0.416 e. The Kier molecular flexibility index (Phi) is 6.98. The number of alkyl halides is 3. The average molecular weight is 441 g/mol. The van der Waals surface area contributed by atoms with Crippen LogP contribution in [0.5, 0.6) is 0 Å². The second-order valence-electron chi connectivity index (χ2n) is 7.21. The van der Waals surface area contributed by atoms with Crippen molar-refractivity contribution in [1.29, 1.82) is 0 Å². The van der Waals surface area contributed by atoms with Crippen LogP contribution in [0.25, 0.3) is 11.1 Å². The third-order valence-corrected chi connectivity index (χ3v) is 4.95. The van der Waals surface area contributed by atoms with Gasteiger partial charge < -0.3 is 10.1 Å². The number of hydrogen-bond acceptors (Lipinski definition) is 3. The van der Waals surface area contributed by atoms with Crippen LogP contribution in [-0.4, -0.2) is 18.0 Å². The molecule has 0 saturated heterocycles. The first-order chi connectivity index (χ1) is 15.2. The second-order valence-corrected chi connectivity index (χ2v) is 7.21. The number of carbonyl (C=O) groups excluding carboxylic acids is 2. The van der Waals surface area contributed by atoms with Crippen molar-refractivity contribution in [1.82, 2.24) is 0 Å². The van der Waals surface area contributed by atoms with Crippen molar-refractivity contribution in [3.8, 4) is 11.1 Å². The molecular weight excluding hydrogens is 419 g/mol. The summed E-state index contributed by atoms with van der Waals surface area (Å²) in [5.74, 6) is -1.24. The molecule has 0 radical (unpaired) electrons. The zero-order chi connectivity index (χ0) is 23.3. The molecule has 7 heteroatoms. The van der Waals surface area contributed by atoms with Crippen LogP contribution in [0.4, 0.5) is 18.9 Å². The van der Waals surface area contributed by atoms with Gasteiger partial charge in [0.05, 0.1) is 11.1 Å². The number of esters is 1. The summed E-state index contributed by atoms with van der Waals surface area (Å²) < 4.78 is 43.8. The van der Waals surface area contributed by atoms with Crippen molar-refractivity contribution in [3.63, 3.8) is 0 Å². The summed E-state index contributed by atoms with van der Waals surface area (Å²) in [6.07, 6.45) is -4.65. The highest BCUT2D eigenvalue weighted by atomic mass is 19.4. The van der Waals surface area contributed by atoms with Gasteiger partial charge in [0, 0.05) is 5.69 Å². The van der Waals surface area contributed by atoms with Crippen molar-refractivity contribution in [2.45, 2.75) is 32.5 Å². The predicted octanol–water partition coefficient (Wildman–Crippen LogP) is 6.12. The molecular formula is C25H22F3NO3. The normalized spacial score (nSPS) is 12.2. The number of nitrogens with one attached hydrogen (secondary N) is 1. The maximum absolute atomic E-state index is 12.8. The Morgan fingerprint density at radius 2 is 1.56 bits per heavy atom. The molecule has 32 heavy (non-hydrogen) atoms. The minimum Gasteiger partial charge on any atom is -0.449 e.